The number of imide groups is 1. The van der Waals surface area contributed by atoms with Crippen molar-refractivity contribution in [2.75, 3.05) is 6.54 Å². The van der Waals surface area contributed by atoms with Crippen LogP contribution in [0.4, 0.5) is 4.79 Å². The first kappa shape index (κ1) is 22.4. The average Bonchev–Trinajstić information content (AvgIpc) is 3.22. The molecule has 4 rings (SSSR count). The van der Waals surface area contributed by atoms with Crippen LogP contribution in [0.3, 0.4) is 0 Å². The van der Waals surface area contributed by atoms with E-state index in [1.807, 2.05) is 79.1 Å². The van der Waals surface area contributed by atoms with E-state index in [-0.39, 0.29) is 4.91 Å². The van der Waals surface area contributed by atoms with Crippen molar-refractivity contribution in [2.24, 2.45) is 0 Å². The molecule has 1 aromatic heterocycles. The summed E-state index contributed by atoms with van der Waals surface area (Å²) < 4.78 is 7.91. The fourth-order valence-corrected chi connectivity index (χ4v) is 4.51. The van der Waals surface area contributed by atoms with Crippen molar-refractivity contribution in [2.45, 2.75) is 20.5 Å². The number of carbonyl (C=O) groups excluding carboxylic acids is 2. The topological polar surface area (TPSA) is 88.8 Å². The molecule has 2 aromatic carbocycles. The van der Waals surface area contributed by atoms with Gasteiger partial charge in [-0.15, -0.1) is 0 Å². The number of benzene rings is 2. The Morgan fingerprint density at radius 3 is 2.42 bits per heavy atom. The molecule has 33 heavy (non-hydrogen) atoms. The predicted molar refractivity (Wildman–Crippen MR) is 126 cm³/mol. The monoisotopic (exact) mass is 462 g/mol. The number of carbonyl (C=O) groups is 3. The minimum atomic E-state index is -1.23. The Kier molecular flexibility index (Phi) is 6.37. The average molecular weight is 463 g/mol. The maximum atomic E-state index is 12.5. The van der Waals surface area contributed by atoms with Gasteiger partial charge in [-0.05, 0) is 73.1 Å². The van der Waals surface area contributed by atoms with Gasteiger partial charge in [0.1, 0.15) is 18.9 Å². The Bertz CT molecular complexity index is 1250. The molecule has 1 N–H and O–H groups in total. The van der Waals surface area contributed by atoms with Crippen molar-refractivity contribution < 1.29 is 24.2 Å². The van der Waals surface area contributed by atoms with Crippen molar-refractivity contribution in [3.05, 3.63) is 88.1 Å². The van der Waals surface area contributed by atoms with Crippen LogP contribution in [-0.4, -0.2) is 38.2 Å². The first-order valence-corrected chi connectivity index (χ1v) is 11.1. The summed E-state index contributed by atoms with van der Waals surface area (Å²) in [4.78, 5) is 36.4. The number of ether oxygens (including phenoxy) is 1. The van der Waals surface area contributed by atoms with Gasteiger partial charge in [0, 0.05) is 17.1 Å². The van der Waals surface area contributed by atoms with Crippen LogP contribution in [0.5, 0.6) is 5.75 Å². The van der Waals surface area contributed by atoms with E-state index in [9.17, 15) is 14.4 Å². The number of thioether (sulfide) groups is 1. The highest BCUT2D eigenvalue weighted by Crippen LogP contribution is 2.33. The number of carboxylic acid groups (broad SMARTS) is 1. The van der Waals surface area contributed by atoms with E-state index < -0.39 is 23.7 Å². The maximum absolute atomic E-state index is 12.5. The highest BCUT2D eigenvalue weighted by atomic mass is 32.2. The summed E-state index contributed by atoms with van der Waals surface area (Å²) >= 11 is 0.753. The quantitative estimate of drug-likeness (QED) is 0.508. The van der Waals surface area contributed by atoms with Crippen molar-refractivity contribution in [3.63, 3.8) is 0 Å². The van der Waals surface area contributed by atoms with Gasteiger partial charge in [0.25, 0.3) is 11.1 Å². The number of nitrogens with zero attached hydrogens (tertiary/aromatic N) is 2. The Hall–Kier alpha value is -3.78. The molecule has 1 fully saturated rings. The van der Waals surface area contributed by atoms with Crippen LogP contribution in [0.15, 0.2) is 65.6 Å². The molecule has 2 amide bonds. The SMILES string of the molecule is Cc1cc(/C=C2/SC(=O)N(CC(=O)O)C2=O)c(C)n1-c1ccc(OCc2ccccc2)cc1. The van der Waals surface area contributed by atoms with E-state index in [0.29, 0.717) is 6.61 Å². The number of amides is 2. The Morgan fingerprint density at radius 1 is 1.06 bits per heavy atom. The number of rotatable bonds is 7. The lowest BCUT2D eigenvalue weighted by molar-refractivity contribution is -0.140. The van der Waals surface area contributed by atoms with Crippen LogP contribution < -0.4 is 4.74 Å². The van der Waals surface area contributed by atoms with Gasteiger partial charge in [0.2, 0.25) is 0 Å². The third-order valence-electron chi connectivity index (χ3n) is 5.27. The molecular weight excluding hydrogens is 440 g/mol. The van der Waals surface area contributed by atoms with Crippen molar-refractivity contribution >= 4 is 35.0 Å². The van der Waals surface area contributed by atoms with E-state index in [1.54, 1.807) is 6.08 Å². The Morgan fingerprint density at radius 2 is 1.76 bits per heavy atom. The fourth-order valence-electron chi connectivity index (χ4n) is 3.68. The highest BCUT2D eigenvalue weighted by Gasteiger charge is 2.36. The molecule has 1 aliphatic heterocycles. The second-order valence-corrected chi connectivity index (χ2v) is 8.58. The Labute approximate surface area is 195 Å². The number of hydrogen-bond acceptors (Lipinski definition) is 5. The molecule has 0 radical (unpaired) electrons. The van der Waals surface area contributed by atoms with E-state index in [2.05, 4.69) is 0 Å². The predicted octanol–water partition coefficient (Wildman–Crippen LogP) is 4.79. The van der Waals surface area contributed by atoms with Crippen LogP contribution in [-0.2, 0) is 16.2 Å². The summed E-state index contributed by atoms with van der Waals surface area (Å²) in [6.45, 7) is 3.74. The minimum absolute atomic E-state index is 0.214. The molecule has 8 heteroatoms. The smallest absolute Gasteiger partial charge is 0.323 e. The number of aromatic nitrogens is 1. The Balaban J connectivity index is 1.53. The number of aryl methyl sites for hydroxylation is 1. The van der Waals surface area contributed by atoms with Crippen LogP contribution in [0.1, 0.15) is 22.5 Å². The van der Waals surface area contributed by atoms with Gasteiger partial charge in [0.05, 0.1) is 4.91 Å². The molecule has 0 spiro atoms. The van der Waals surface area contributed by atoms with Gasteiger partial charge in [-0.25, -0.2) is 0 Å². The van der Waals surface area contributed by atoms with Crippen LogP contribution in [0.25, 0.3) is 11.8 Å². The molecule has 2 heterocycles. The van der Waals surface area contributed by atoms with E-state index in [4.69, 9.17) is 9.84 Å². The van der Waals surface area contributed by atoms with Crippen LogP contribution in [0.2, 0.25) is 0 Å². The molecule has 0 aliphatic carbocycles. The second kappa shape index (κ2) is 9.38. The largest absolute Gasteiger partial charge is 0.489 e. The van der Waals surface area contributed by atoms with Gasteiger partial charge in [-0.3, -0.25) is 19.3 Å². The van der Waals surface area contributed by atoms with Crippen molar-refractivity contribution in [1.29, 1.82) is 0 Å². The lowest BCUT2D eigenvalue weighted by atomic mass is 10.2. The van der Waals surface area contributed by atoms with E-state index in [0.717, 1.165) is 50.6 Å². The summed E-state index contributed by atoms with van der Waals surface area (Å²) in [6, 6.07) is 19.6. The van der Waals surface area contributed by atoms with Gasteiger partial charge in [0.15, 0.2) is 0 Å². The summed E-state index contributed by atoms with van der Waals surface area (Å²) in [5.41, 5.74) is 4.68. The first-order valence-electron chi connectivity index (χ1n) is 10.3. The van der Waals surface area contributed by atoms with E-state index in [1.165, 1.54) is 0 Å². The lowest BCUT2D eigenvalue weighted by Crippen LogP contribution is -2.33. The summed E-state index contributed by atoms with van der Waals surface area (Å²) in [7, 11) is 0. The van der Waals surface area contributed by atoms with Gasteiger partial charge in [-0.1, -0.05) is 30.3 Å². The standard InChI is InChI=1S/C25H22N2O5S/c1-16-12-19(13-22-24(30)26(14-23(28)29)25(31)33-22)17(2)27(16)20-8-10-21(11-9-20)32-15-18-6-4-3-5-7-18/h3-13H,14-15H2,1-2H3,(H,28,29)/b22-13+. The molecule has 0 saturated carbocycles. The highest BCUT2D eigenvalue weighted by molar-refractivity contribution is 8.18. The summed E-state index contributed by atoms with van der Waals surface area (Å²) in [5.74, 6) is -1.05. The zero-order chi connectivity index (χ0) is 23.5. The lowest BCUT2D eigenvalue weighted by Gasteiger charge is -2.11. The first-order chi connectivity index (χ1) is 15.8. The fraction of sp³-hybridized carbons (Fsp3) is 0.160. The van der Waals surface area contributed by atoms with Crippen LogP contribution >= 0.6 is 11.8 Å². The van der Waals surface area contributed by atoms with Gasteiger partial charge < -0.3 is 14.4 Å². The molecule has 0 unspecified atom stereocenters. The van der Waals surface area contributed by atoms with Gasteiger partial charge >= 0.3 is 5.97 Å². The third kappa shape index (κ3) is 4.85. The molecular formula is C25H22N2O5S. The van der Waals surface area contributed by atoms with Crippen molar-refractivity contribution in [1.82, 2.24) is 9.47 Å². The van der Waals surface area contributed by atoms with E-state index >= 15 is 0 Å². The second-order valence-electron chi connectivity index (χ2n) is 7.59. The number of aliphatic carboxylic acids is 1. The van der Waals surface area contributed by atoms with Crippen molar-refractivity contribution in [3.8, 4) is 11.4 Å². The van der Waals surface area contributed by atoms with Crippen LogP contribution in [0, 0.1) is 13.8 Å². The molecule has 168 valence electrons. The summed E-state index contributed by atoms with van der Waals surface area (Å²) in [5, 5.41) is 8.34. The molecule has 1 saturated heterocycles. The third-order valence-corrected chi connectivity index (χ3v) is 6.17. The zero-order valence-corrected chi connectivity index (χ0v) is 19.0. The minimum Gasteiger partial charge on any atom is -0.489 e. The molecule has 1 aliphatic rings. The molecule has 0 bridgehead atoms. The zero-order valence-electron chi connectivity index (χ0n) is 18.1. The normalized spacial score (nSPS) is 14.8. The molecule has 3 aromatic rings. The summed E-state index contributed by atoms with van der Waals surface area (Å²) in [6.07, 6.45) is 1.64. The number of hydrogen-bond donors (Lipinski definition) is 1. The van der Waals surface area contributed by atoms with Gasteiger partial charge in [-0.2, -0.15) is 0 Å². The number of carboxylic acids is 1. The molecule has 0 atom stereocenters. The molecule has 7 nitrogen and oxygen atoms in total. The maximum Gasteiger partial charge on any atom is 0.323 e.